The zero-order chi connectivity index (χ0) is 14.6. The van der Waals surface area contributed by atoms with E-state index in [0.29, 0.717) is 5.41 Å². The average Bonchev–Trinajstić information content (AvgIpc) is 2.47. The van der Waals surface area contributed by atoms with Gasteiger partial charge in [0.05, 0.1) is 0 Å². The fraction of sp³-hybridized carbons (Fsp3) is 0.667. The lowest BCUT2D eigenvalue weighted by Crippen LogP contribution is -2.40. The minimum absolute atomic E-state index is 0.228. The summed E-state index contributed by atoms with van der Waals surface area (Å²) in [6, 6.07) is 9.02. The number of rotatable bonds is 5. The Morgan fingerprint density at radius 3 is 2.30 bits per heavy atom. The zero-order valence-electron chi connectivity index (χ0n) is 13.4. The van der Waals surface area contributed by atoms with Crippen LogP contribution >= 0.6 is 0 Å². The Hall–Kier alpha value is -1.02. The van der Waals surface area contributed by atoms with Crippen LogP contribution < -0.4 is 10.6 Å². The van der Waals surface area contributed by atoms with Crippen molar-refractivity contribution in [1.82, 2.24) is 0 Å². The minimum Gasteiger partial charge on any atom is -0.371 e. The smallest absolute Gasteiger partial charge is 0.0399 e. The van der Waals surface area contributed by atoms with Gasteiger partial charge >= 0.3 is 0 Å². The van der Waals surface area contributed by atoms with Gasteiger partial charge in [-0.1, -0.05) is 44.9 Å². The molecule has 2 N–H and O–H groups in total. The largest absolute Gasteiger partial charge is 0.371 e. The highest BCUT2D eigenvalue weighted by atomic mass is 15.1. The quantitative estimate of drug-likeness (QED) is 0.880. The van der Waals surface area contributed by atoms with Gasteiger partial charge in [-0.05, 0) is 43.2 Å². The molecule has 0 bridgehead atoms. The first kappa shape index (κ1) is 15.4. The molecule has 0 radical (unpaired) electrons. The molecule has 0 spiro atoms. The highest BCUT2D eigenvalue weighted by Gasteiger charge is 2.31. The van der Waals surface area contributed by atoms with Crippen LogP contribution in [0.3, 0.4) is 0 Å². The van der Waals surface area contributed by atoms with Gasteiger partial charge in [0.15, 0.2) is 0 Å². The number of nitrogens with zero attached hydrogens (tertiary/aromatic N) is 1. The van der Waals surface area contributed by atoms with Crippen molar-refractivity contribution in [3.05, 3.63) is 29.8 Å². The summed E-state index contributed by atoms with van der Waals surface area (Å²) in [4.78, 5) is 2.57. The third-order valence-electron chi connectivity index (χ3n) is 5.20. The molecule has 2 rings (SSSR count). The second kappa shape index (κ2) is 6.62. The first-order valence-corrected chi connectivity index (χ1v) is 8.18. The topological polar surface area (TPSA) is 29.3 Å². The standard InChI is InChI=1S/C18H30N2/c1-4-18(5-2)10-12-20(13-11-18)17-9-7-6-8-16(17)14-15(3)19/h6-9,15H,4-5,10-14,19H2,1-3H3. The van der Waals surface area contributed by atoms with Crippen LogP contribution in [0.4, 0.5) is 5.69 Å². The maximum atomic E-state index is 5.99. The van der Waals surface area contributed by atoms with Gasteiger partial charge in [-0.3, -0.25) is 0 Å². The Kier molecular flexibility index (Phi) is 5.09. The van der Waals surface area contributed by atoms with Crippen LogP contribution in [-0.2, 0) is 6.42 Å². The third-order valence-corrected chi connectivity index (χ3v) is 5.20. The lowest BCUT2D eigenvalue weighted by atomic mass is 9.74. The molecule has 1 aliphatic rings. The van der Waals surface area contributed by atoms with Gasteiger partial charge in [0.25, 0.3) is 0 Å². The molecule has 1 saturated heterocycles. The van der Waals surface area contributed by atoms with Crippen molar-refractivity contribution in [2.24, 2.45) is 11.1 Å². The average molecular weight is 274 g/mol. The summed E-state index contributed by atoms with van der Waals surface area (Å²) in [7, 11) is 0. The van der Waals surface area contributed by atoms with Gasteiger partial charge in [0, 0.05) is 24.8 Å². The molecule has 0 saturated carbocycles. The molecule has 1 heterocycles. The lowest BCUT2D eigenvalue weighted by Gasteiger charge is -2.42. The van der Waals surface area contributed by atoms with E-state index in [1.807, 2.05) is 0 Å². The molecule has 0 aliphatic carbocycles. The molecule has 2 nitrogen and oxygen atoms in total. The fourth-order valence-electron chi connectivity index (χ4n) is 3.52. The fourth-order valence-corrected chi connectivity index (χ4v) is 3.52. The Morgan fingerprint density at radius 1 is 1.15 bits per heavy atom. The van der Waals surface area contributed by atoms with Gasteiger partial charge in [-0.2, -0.15) is 0 Å². The maximum absolute atomic E-state index is 5.99. The monoisotopic (exact) mass is 274 g/mol. The van der Waals surface area contributed by atoms with Crippen LogP contribution in [0.15, 0.2) is 24.3 Å². The van der Waals surface area contributed by atoms with Crippen LogP contribution in [-0.4, -0.2) is 19.1 Å². The summed E-state index contributed by atoms with van der Waals surface area (Å²) in [5, 5.41) is 0. The minimum atomic E-state index is 0.228. The van der Waals surface area contributed by atoms with Crippen molar-refractivity contribution in [2.75, 3.05) is 18.0 Å². The van der Waals surface area contributed by atoms with E-state index in [1.165, 1.54) is 50.0 Å². The van der Waals surface area contributed by atoms with Crippen molar-refractivity contribution >= 4 is 5.69 Å². The molecule has 1 fully saturated rings. The van der Waals surface area contributed by atoms with Gasteiger partial charge < -0.3 is 10.6 Å². The first-order chi connectivity index (χ1) is 9.60. The van der Waals surface area contributed by atoms with E-state index in [1.54, 1.807) is 0 Å². The highest BCUT2D eigenvalue weighted by Crippen LogP contribution is 2.39. The summed E-state index contributed by atoms with van der Waals surface area (Å²) in [5.41, 5.74) is 9.39. The van der Waals surface area contributed by atoms with Gasteiger partial charge in [0.2, 0.25) is 0 Å². The Morgan fingerprint density at radius 2 is 1.75 bits per heavy atom. The molecule has 112 valence electrons. The zero-order valence-corrected chi connectivity index (χ0v) is 13.4. The molecule has 1 aliphatic heterocycles. The van der Waals surface area contributed by atoms with Crippen LogP contribution in [0, 0.1) is 5.41 Å². The van der Waals surface area contributed by atoms with Crippen molar-refractivity contribution in [3.8, 4) is 0 Å². The first-order valence-electron chi connectivity index (χ1n) is 8.18. The number of benzene rings is 1. The molecular weight excluding hydrogens is 244 g/mol. The molecule has 1 unspecified atom stereocenters. The summed E-state index contributed by atoms with van der Waals surface area (Å²) in [6.45, 7) is 9.17. The lowest BCUT2D eigenvalue weighted by molar-refractivity contribution is 0.199. The van der Waals surface area contributed by atoms with E-state index in [-0.39, 0.29) is 6.04 Å². The predicted molar refractivity (Wildman–Crippen MR) is 88.3 cm³/mol. The molecule has 1 atom stereocenters. The van der Waals surface area contributed by atoms with Crippen molar-refractivity contribution in [2.45, 2.75) is 58.9 Å². The van der Waals surface area contributed by atoms with Crippen molar-refractivity contribution in [1.29, 1.82) is 0 Å². The number of piperidine rings is 1. The van der Waals surface area contributed by atoms with E-state index < -0.39 is 0 Å². The predicted octanol–water partition coefficient (Wildman–Crippen LogP) is 3.98. The second-order valence-corrected chi connectivity index (χ2v) is 6.50. The summed E-state index contributed by atoms with van der Waals surface area (Å²) >= 11 is 0. The molecule has 20 heavy (non-hydrogen) atoms. The molecule has 0 amide bonds. The Bertz CT molecular complexity index is 411. The van der Waals surface area contributed by atoms with Gasteiger partial charge in [-0.25, -0.2) is 0 Å². The number of anilines is 1. The SMILES string of the molecule is CCC1(CC)CCN(c2ccccc2CC(C)N)CC1. The molecule has 1 aromatic rings. The Balaban J connectivity index is 2.10. The van der Waals surface area contributed by atoms with Gasteiger partial charge in [0.1, 0.15) is 0 Å². The van der Waals surface area contributed by atoms with E-state index in [4.69, 9.17) is 5.73 Å². The number of para-hydroxylation sites is 1. The normalized spacial score (nSPS) is 19.9. The second-order valence-electron chi connectivity index (χ2n) is 6.50. The van der Waals surface area contributed by atoms with Crippen LogP contribution in [0.1, 0.15) is 52.0 Å². The van der Waals surface area contributed by atoms with Crippen LogP contribution in [0.5, 0.6) is 0 Å². The van der Waals surface area contributed by atoms with E-state index in [2.05, 4.69) is 49.9 Å². The Labute approximate surface area is 124 Å². The summed E-state index contributed by atoms with van der Waals surface area (Å²) in [5.74, 6) is 0. The highest BCUT2D eigenvalue weighted by molar-refractivity contribution is 5.54. The maximum Gasteiger partial charge on any atom is 0.0399 e. The van der Waals surface area contributed by atoms with E-state index in [9.17, 15) is 0 Å². The van der Waals surface area contributed by atoms with Crippen LogP contribution in [0.25, 0.3) is 0 Å². The number of hydrogen-bond donors (Lipinski definition) is 1. The molecule has 1 aromatic carbocycles. The van der Waals surface area contributed by atoms with E-state index >= 15 is 0 Å². The van der Waals surface area contributed by atoms with Crippen molar-refractivity contribution in [3.63, 3.8) is 0 Å². The summed E-state index contributed by atoms with van der Waals surface area (Å²) in [6.07, 6.45) is 6.26. The van der Waals surface area contributed by atoms with E-state index in [0.717, 1.165) is 6.42 Å². The van der Waals surface area contributed by atoms with Crippen LogP contribution in [0.2, 0.25) is 0 Å². The molecule has 2 heteroatoms. The number of nitrogens with two attached hydrogens (primary N) is 1. The molecule has 0 aromatic heterocycles. The molecular formula is C18H30N2. The van der Waals surface area contributed by atoms with Gasteiger partial charge in [-0.15, -0.1) is 0 Å². The summed E-state index contributed by atoms with van der Waals surface area (Å²) < 4.78 is 0. The van der Waals surface area contributed by atoms with Crippen molar-refractivity contribution < 1.29 is 0 Å². The third kappa shape index (κ3) is 3.35. The number of hydrogen-bond acceptors (Lipinski definition) is 2.